The predicted molar refractivity (Wildman–Crippen MR) is 393 cm³/mol. The molecule has 10 nitrogen and oxygen atoms in total. The topological polar surface area (TPSA) is 100 Å². The Balaban J connectivity index is 0.000000142. The normalized spacial score (nSPS) is 29.1. The van der Waals surface area contributed by atoms with Crippen LogP contribution < -0.4 is 0 Å². The molecule has 0 radical (unpaired) electrons. The molecule has 4 saturated heterocycles. The standard InChI is InChI=1S/C28H33BrO4.3C19H28O2/c1-26(2)21-14-19(13-10-17-8-11-18(12-9-17)25(30)31-7)20(16-29)15-22(21)27(3,4)24-23(26)32-28(5,6)33-24;3*1-11-9-13-14(10-12(11)2)18(5,6)16-15(17(13,3)4)20-19(7,8)21-16/h8-15,23-24H,16H2,1-7H3;3*9-10,15-16H,1-8H3/b13-10+;;;/t23-,24?;3*15-,16?/m1111/s1. The first kappa shape index (κ1) is 74.2. The third-order valence-corrected chi connectivity index (χ3v) is 24.3. The molecule has 4 unspecified atom stereocenters. The number of halogens is 1. The highest BCUT2D eigenvalue weighted by Crippen LogP contribution is 2.59. The van der Waals surface area contributed by atoms with E-state index in [1.54, 1.807) is 12.1 Å². The molecule has 11 heteroatoms. The summed E-state index contributed by atoms with van der Waals surface area (Å²) >= 11 is 3.70. The fraction of sp³-hybridized carbons (Fsp3) is 0.612. The smallest absolute Gasteiger partial charge is 0.337 e. The zero-order chi connectivity index (χ0) is 71.6. The fourth-order valence-corrected chi connectivity index (χ4v) is 17.6. The molecule has 0 N–H and O–H groups in total. The Morgan fingerprint density at radius 1 is 0.344 bits per heavy atom. The molecule has 96 heavy (non-hydrogen) atoms. The number of benzene rings is 5. The molecule has 4 heterocycles. The highest BCUT2D eigenvalue weighted by Gasteiger charge is 2.63. The van der Waals surface area contributed by atoms with E-state index in [-0.39, 0.29) is 98.1 Å². The second-order valence-electron chi connectivity index (χ2n) is 35.8. The summed E-state index contributed by atoms with van der Waals surface area (Å²) in [4.78, 5) is 11.7. The van der Waals surface area contributed by atoms with Gasteiger partial charge in [0.1, 0.15) is 0 Å². The van der Waals surface area contributed by atoms with Crippen LogP contribution in [0.1, 0.15) is 271 Å². The van der Waals surface area contributed by atoms with Gasteiger partial charge < -0.3 is 42.6 Å². The minimum absolute atomic E-state index is 0.00658. The van der Waals surface area contributed by atoms with Crippen LogP contribution in [-0.4, -0.2) is 85.1 Å². The number of carbonyl (C=O) groups excluding carboxylic acids is 1. The number of methoxy groups -OCH3 is 1. The van der Waals surface area contributed by atoms with Crippen molar-refractivity contribution in [3.63, 3.8) is 0 Å². The Kier molecular flexibility index (Phi) is 18.8. The molecule has 13 rings (SSSR count). The lowest BCUT2D eigenvalue weighted by Crippen LogP contribution is -2.54. The number of fused-ring (bicyclic) bond motifs is 8. The molecule has 4 fully saturated rings. The van der Waals surface area contributed by atoms with Crippen LogP contribution in [0.15, 0.2) is 72.8 Å². The van der Waals surface area contributed by atoms with E-state index in [1.807, 2.05) is 67.5 Å². The van der Waals surface area contributed by atoms with Gasteiger partial charge in [-0.15, -0.1) is 0 Å². The molecule has 0 amide bonds. The number of hydrogen-bond donors (Lipinski definition) is 0. The van der Waals surface area contributed by atoms with E-state index in [2.05, 4.69) is 229 Å². The molecule has 0 spiro atoms. The minimum atomic E-state index is -0.594. The van der Waals surface area contributed by atoms with Crippen LogP contribution >= 0.6 is 15.9 Å². The second-order valence-corrected chi connectivity index (χ2v) is 36.4. The van der Waals surface area contributed by atoms with Crippen molar-refractivity contribution in [3.05, 3.63) is 173 Å². The molecule has 0 bridgehead atoms. The van der Waals surface area contributed by atoms with Gasteiger partial charge in [0.25, 0.3) is 0 Å². The van der Waals surface area contributed by atoms with Crippen molar-refractivity contribution in [3.8, 4) is 0 Å². The van der Waals surface area contributed by atoms with Gasteiger partial charge in [0.2, 0.25) is 0 Å². The monoisotopic (exact) mass is 1380 g/mol. The Morgan fingerprint density at radius 2 is 0.552 bits per heavy atom. The highest BCUT2D eigenvalue weighted by molar-refractivity contribution is 9.08. The van der Waals surface area contributed by atoms with E-state index in [1.165, 1.54) is 96.1 Å². The van der Waals surface area contributed by atoms with Crippen LogP contribution in [0.2, 0.25) is 0 Å². The average Bonchev–Trinajstić information content (AvgIpc) is 1.44. The highest BCUT2D eigenvalue weighted by atomic mass is 79.9. The van der Waals surface area contributed by atoms with Crippen LogP contribution in [0.5, 0.6) is 0 Å². The van der Waals surface area contributed by atoms with Crippen molar-refractivity contribution < 1.29 is 47.4 Å². The van der Waals surface area contributed by atoms with E-state index in [0.717, 1.165) is 10.9 Å². The average molecular weight is 1380 g/mol. The Labute approximate surface area is 586 Å². The number of alkyl halides is 1. The third kappa shape index (κ3) is 12.7. The number of hydrogen-bond acceptors (Lipinski definition) is 10. The van der Waals surface area contributed by atoms with E-state index in [4.69, 9.17) is 42.6 Å². The number of esters is 1. The Morgan fingerprint density at radius 3 is 0.760 bits per heavy atom. The zero-order valence-electron chi connectivity index (χ0n) is 64.4. The van der Waals surface area contributed by atoms with Crippen molar-refractivity contribution in [1.82, 2.24) is 0 Å². The summed E-state index contributed by atoms with van der Waals surface area (Å²) < 4.78 is 55.5. The van der Waals surface area contributed by atoms with Gasteiger partial charge in [-0.25, -0.2) is 4.79 Å². The summed E-state index contributed by atoms with van der Waals surface area (Å²) in [6.45, 7) is 65.9. The maximum absolute atomic E-state index is 11.7. The first-order chi connectivity index (χ1) is 43.8. The maximum atomic E-state index is 11.7. The molecule has 4 aliphatic heterocycles. The lowest BCUT2D eigenvalue weighted by molar-refractivity contribution is -0.154. The SMILES string of the molecule is COC(=O)c1ccc(/C=C/c2cc3c(cc2CBr)C(C)(C)C2OC(C)(C)O[C@H]2C3(C)C)cc1.Cc1cc2c(cc1C)C(C)(C)[C@@H]1OC(C)(C)OC1C2(C)C.Cc1cc2c(cc1C)C(C)(C)[C@@H]1OC(C)(C)OC1C2(C)C.Cc1cc2c(cc1C)C(C)(C)[C@@H]1OC(C)(C)OC1C2(C)C. The lowest BCUT2D eigenvalue weighted by atomic mass is 9.59. The van der Waals surface area contributed by atoms with E-state index >= 15 is 0 Å². The molecule has 524 valence electrons. The van der Waals surface area contributed by atoms with Crippen molar-refractivity contribution in [2.45, 2.75) is 328 Å². The van der Waals surface area contributed by atoms with E-state index in [9.17, 15) is 4.79 Å². The molecular weight excluding hydrogens is 1260 g/mol. The van der Waals surface area contributed by atoms with Crippen LogP contribution in [0, 0.1) is 41.5 Å². The fourth-order valence-electron chi connectivity index (χ4n) is 17.2. The van der Waals surface area contributed by atoms with E-state index < -0.39 is 23.1 Å². The summed E-state index contributed by atoms with van der Waals surface area (Å²) in [5.74, 6) is -2.43. The molecule has 5 aromatic rings. The molecular formula is C85H117BrO10. The lowest BCUT2D eigenvalue weighted by Gasteiger charge is -2.48. The summed E-state index contributed by atoms with van der Waals surface area (Å²) in [6, 6.07) is 26.2. The van der Waals surface area contributed by atoms with Crippen molar-refractivity contribution in [1.29, 1.82) is 0 Å². The second kappa shape index (κ2) is 24.3. The first-order valence-electron chi connectivity index (χ1n) is 35.2. The number of rotatable bonds is 4. The summed E-state index contributed by atoms with van der Waals surface area (Å²) in [5, 5.41) is 0.759. The van der Waals surface area contributed by atoms with Crippen LogP contribution in [-0.2, 0) is 91.3 Å². The van der Waals surface area contributed by atoms with Gasteiger partial charge in [0, 0.05) is 48.7 Å². The molecule has 0 saturated carbocycles. The third-order valence-electron chi connectivity index (χ3n) is 23.7. The minimum Gasteiger partial charge on any atom is -0.465 e. The molecule has 8 atom stereocenters. The molecule has 5 aromatic carbocycles. The first-order valence-corrected chi connectivity index (χ1v) is 36.3. The van der Waals surface area contributed by atoms with Gasteiger partial charge >= 0.3 is 5.97 Å². The van der Waals surface area contributed by atoms with Crippen molar-refractivity contribution >= 4 is 34.1 Å². The summed E-state index contributed by atoms with van der Waals surface area (Å²) in [6.07, 6.45) is 4.77. The van der Waals surface area contributed by atoms with Crippen molar-refractivity contribution in [2.75, 3.05) is 7.11 Å². The van der Waals surface area contributed by atoms with Crippen LogP contribution in [0.4, 0.5) is 0 Å². The van der Waals surface area contributed by atoms with Crippen LogP contribution in [0.25, 0.3) is 12.2 Å². The number of ether oxygens (including phenoxy) is 9. The Bertz CT molecular complexity index is 3460. The zero-order valence-corrected chi connectivity index (χ0v) is 66.0. The van der Waals surface area contributed by atoms with Gasteiger partial charge in [-0.3, -0.25) is 0 Å². The maximum Gasteiger partial charge on any atom is 0.337 e. The van der Waals surface area contributed by atoms with Gasteiger partial charge in [0.05, 0.1) is 61.5 Å². The van der Waals surface area contributed by atoms with Crippen LogP contribution in [0.3, 0.4) is 0 Å². The Hall–Kier alpha value is -4.53. The predicted octanol–water partition coefficient (Wildman–Crippen LogP) is 19.8. The molecule has 4 aliphatic carbocycles. The van der Waals surface area contributed by atoms with Gasteiger partial charge in [0.15, 0.2) is 23.1 Å². The van der Waals surface area contributed by atoms with Crippen molar-refractivity contribution in [2.24, 2.45) is 0 Å². The summed E-state index contributed by atoms with van der Waals surface area (Å²) in [5.41, 5.74) is 22.6. The van der Waals surface area contributed by atoms with Gasteiger partial charge in [-0.1, -0.05) is 200 Å². The molecule has 8 aliphatic rings. The number of aryl methyl sites for hydroxylation is 6. The molecule has 0 aromatic heterocycles. The summed E-state index contributed by atoms with van der Waals surface area (Å²) in [7, 11) is 1.39. The number of carbonyl (C=O) groups is 1. The largest absolute Gasteiger partial charge is 0.465 e. The van der Waals surface area contributed by atoms with E-state index in [0.29, 0.717) is 5.56 Å². The quantitative estimate of drug-likeness (QED) is 0.0982. The van der Waals surface area contributed by atoms with Gasteiger partial charge in [-0.2, -0.15) is 0 Å². The van der Waals surface area contributed by atoms with Gasteiger partial charge in [-0.05, 0) is 204 Å².